The van der Waals surface area contributed by atoms with Crippen LogP contribution in [0.4, 0.5) is 5.69 Å². The largest absolute Gasteiger partial charge is 0.368 e. The molecule has 1 saturated heterocycles. The Morgan fingerprint density at radius 3 is 2.85 bits per heavy atom. The Bertz CT molecular complexity index is 433. The summed E-state index contributed by atoms with van der Waals surface area (Å²) < 4.78 is 1.16. The molecule has 3 heteroatoms. The molecule has 1 aliphatic rings. The summed E-state index contributed by atoms with van der Waals surface area (Å²) in [5, 5.41) is 0. The quantitative estimate of drug-likeness (QED) is 0.856. The average Bonchev–Trinajstić information content (AvgIpc) is 2.47. The van der Waals surface area contributed by atoms with Crippen LogP contribution in [0.3, 0.4) is 0 Å². The molecule has 1 heterocycles. The summed E-state index contributed by atoms with van der Waals surface area (Å²) in [6, 6.07) is 7.65. The molecule has 0 aliphatic carbocycles. The Morgan fingerprint density at radius 2 is 2.15 bits per heavy atom. The summed E-state index contributed by atoms with van der Waals surface area (Å²) in [5.74, 6) is 0. The maximum Gasteiger partial charge on any atom is 0.0402 e. The lowest BCUT2D eigenvalue weighted by Gasteiger charge is -2.38. The molecule has 2 N–H and O–H groups in total. The number of nitrogens with two attached hydrogens (primary N) is 1. The normalized spacial score (nSPS) is 21.0. The molecular weight excluding hydrogens is 312 g/mol. The zero-order chi connectivity index (χ0) is 14.5. The van der Waals surface area contributed by atoms with E-state index < -0.39 is 0 Å². The van der Waals surface area contributed by atoms with E-state index in [1.807, 2.05) is 0 Å². The lowest BCUT2D eigenvalue weighted by Crippen LogP contribution is -2.40. The number of halogens is 1. The third kappa shape index (κ3) is 3.76. The second-order valence-corrected chi connectivity index (χ2v) is 6.81. The van der Waals surface area contributed by atoms with E-state index in [1.165, 1.54) is 43.5 Å². The first-order valence-corrected chi connectivity index (χ1v) is 8.75. The van der Waals surface area contributed by atoms with Gasteiger partial charge in [-0.2, -0.15) is 0 Å². The molecule has 2 atom stereocenters. The van der Waals surface area contributed by atoms with Crippen molar-refractivity contribution in [3.05, 3.63) is 28.2 Å². The SMILES string of the molecule is CCC(N)Cc1cc(Br)ccc1N1CCCCC1CC. The summed E-state index contributed by atoms with van der Waals surface area (Å²) in [6.45, 7) is 5.66. The van der Waals surface area contributed by atoms with Crippen LogP contribution >= 0.6 is 15.9 Å². The number of hydrogen-bond donors (Lipinski definition) is 1. The molecule has 2 unspecified atom stereocenters. The molecule has 1 aliphatic heterocycles. The van der Waals surface area contributed by atoms with Crippen molar-refractivity contribution < 1.29 is 0 Å². The summed E-state index contributed by atoms with van der Waals surface area (Å²) >= 11 is 3.61. The van der Waals surface area contributed by atoms with Gasteiger partial charge in [0.05, 0.1) is 0 Å². The second-order valence-electron chi connectivity index (χ2n) is 5.90. The third-order valence-corrected chi connectivity index (χ3v) is 4.95. The molecule has 0 spiro atoms. The van der Waals surface area contributed by atoms with Gasteiger partial charge < -0.3 is 10.6 Å². The molecule has 2 nitrogen and oxygen atoms in total. The smallest absolute Gasteiger partial charge is 0.0402 e. The average molecular weight is 339 g/mol. The van der Waals surface area contributed by atoms with E-state index in [0.717, 1.165) is 17.3 Å². The highest BCUT2D eigenvalue weighted by Gasteiger charge is 2.23. The van der Waals surface area contributed by atoms with Crippen LogP contribution in [0.15, 0.2) is 22.7 Å². The van der Waals surface area contributed by atoms with E-state index in [2.05, 4.69) is 52.9 Å². The minimum Gasteiger partial charge on any atom is -0.368 e. The number of hydrogen-bond acceptors (Lipinski definition) is 2. The monoisotopic (exact) mass is 338 g/mol. The van der Waals surface area contributed by atoms with E-state index in [9.17, 15) is 0 Å². The van der Waals surface area contributed by atoms with Crippen molar-refractivity contribution in [3.63, 3.8) is 0 Å². The number of nitrogens with zero attached hydrogens (tertiary/aromatic N) is 1. The predicted octanol–water partition coefficient (Wildman–Crippen LogP) is 4.50. The topological polar surface area (TPSA) is 29.3 Å². The lowest BCUT2D eigenvalue weighted by molar-refractivity contribution is 0.448. The first kappa shape index (κ1) is 15.8. The maximum atomic E-state index is 6.19. The maximum absolute atomic E-state index is 6.19. The van der Waals surface area contributed by atoms with Crippen molar-refractivity contribution >= 4 is 21.6 Å². The van der Waals surface area contributed by atoms with Crippen LogP contribution in [0.2, 0.25) is 0 Å². The highest BCUT2D eigenvalue weighted by atomic mass is 79.9. The van der Waals surface area contributed by atoms with Crippen LogP contribution in [-0.2, 0) is 6.42 Å². The predicted molar refractivity (Wildman–Crippen MR) is 91.4 cm³/mol. The van der Waals surface area contributed by atoms with Crippen molar-refractivity contribution in [1.82, 2.24) is 0 Å². The van der Waals surface area contributed by atoms with Crippen LogP contribution in [0.25, 0.3) is 0 Å². The number of benzene rings is 1. The van der Waals surface area contributed by atoms with E-state index >= 15 is 0 Å². The van der Waals surface area contributed by atoms with Crippen molar-refractivity contribution in [1.29, 1.82) is 0 Å². The fourth-order valence-electron chi connectivity index (χ4n) is 3.17. The second kappa shape index (κ2) is 7.46. The Kier molecular flexibility index (Phi) is 5.91. The standard InChI is InChI=1S/C17H27BrN2/c1-3-15(19)12-13-11-14(18)8-9-17(13)20-10-6-5-7-16(20)4-2/h8-9,11,15-16H,3-7,10,12,19H2,1-2H3. The lowest BCUT2D eigenvalue weighted by atomic mass is 9.96. The fraction of sp³-hybridized carbons (Fsp3) is 0.647. The summed E-state index contributed by atoms with van der Waals surface area (Å²) in [6.07, 6.45) is 7.24. The Labute approximate surface area is 131 Å². The van der Waals surface area contributed by atoms with Gasteiger partial charge >= 0.3 is 0 Å². The van der Waals surface area contributed by atoms with Gasteiger partial charge in [-0.05, 0) is 62.3 Å². The van der Waals surface area contributed by atoms with Crippen molar-refractivity contribution in [2.75, 3.05) is 11.4 Å². The van der Waals surface area contributed by atoms with Gasteiger partial charge in [-0.25, -0.2) is 0 Å². The van der Waals surface area contributed by atoms with E-state index in [1.54, 1.807) is 0 Å². The summed E-state index contributed by atoms with van der Waals surface area (Å²) in [7, 11) is 0. The van der Waals surface area contributed by atoms with Crippen molar-refractivity contribution in [2.45, 2.75) is 64.5 Å². The summed E-state index contributed by atoms with van der Waals surface area (Å²) in [5.41, 5.74) is 8.99. The van der Waals surface area contributed by atoms with Gasteiger partial charge in [-0.3, -0.25) is 0 Å². The minimum atomic E-state index is 0.257. The van der Waals surface area contributed by atoms with E-state index in [-0.39, 0.29) is 6.04 Å². The molecular formula is C17H27BrN2. The van der Waals surface area contributed by atoms with Gasteiger partial charge in [0, 0.05) is 28.8 Å². The first-order chi connectivity index (χ1) is 9.65. The molecule has 20 heavy (non-hydrogen) atoms. The van der Waals surface area contributed by atoms with Crippen LogP contribution in [-0.4, -0.2) is 18.6 Å². The molecule has 0 bridgehead atoms. The molecule has 1 aromatic carbocycles. The zero-order valence-corrected chi connectivity index (χ0v) is 14.3. The molecule has 112 valence electrons. The van der Waals surface area contributed by atoms with Gasteiger partial charge in [-0.15, -0.1) is 0 Å². The van der Waals surface area contributed by atoms with Gasteiger partial charge in [0.2, 0.25) is 0 Å². The van der Waals surface area contributed by atoms with Crippen LogP contribution < -0.4 is 10.6 Å². The van der Waals surface area contributed by atoms with Gasteiger partial charge in [0.25, 0.3) is 0 Å². The van der Waals surface area contributed by atoms with E-state index in [0.29, 0.717) is 6.04 Å². The Balaban J connectivity index is 2.29. The molecule has 1 fully saturated rings. The molecule has 0 amide bonds. The molecule has 0 aromatic heterocycles. The minimum absolute atomic E-state index is 0.257. The van der Waals surface area contributed by atoms with Gasteiger partial charge in [0.1, 0.15) is 0 Å². The van der Waals surface area contributed by atoms with Gasteiger partial charge in [0.15, 0.2) is 0 Å². The third-order valence-electron chi connectivity index (χ3n) is 4.46. The fourth-order valence-corrected chi connectivity index (χ4v) is 3.58. The molecule has 0 saturated carbocycles. The van der Waals surface area contributed by atoms with Crippen LogP contribution in [0.5, 0.6) is 0 Å². The first-order valence-electron chi connectivity index (χ1n) is 7.96. The molecule has 2 rings (SSSR count). The Hall–Kier alpha value is -0.540. The number of piperidine rings is 1. The highest BCUT2D eigenvalue weighted by Crippen LogP contribution is 2.32. The Morgan fingerprint density at radius 1 is 1.35 bits per heavy atom. The van der Waals surface area contributed by atoms with Crippen LogP contribution in [0.1, 0.15) is 51.5 Å². The zero-order valence-electron chi connectivity index (χ0n) is 12.7. The number of anilines is 1. The summed E-state index contributed by atoms with van der Waals surface area (Å²) in [4.78, 5) is 2.62. The number of rotatable bonds is 5. The van der Waals surface area contributed by atoms with Gasteiger partial charge in [-0.1, -0.05) is 29.8 Å². The van der Waals surface area contributed by atoms with E-state index in [4.69, 9.17) is 5.73 Å². The molecule has 0 radical (unpaired) electrons. The van der Waals surface area contributed by atoms with Crippen LogP contribution in [0, 0.1) is 0 Å². The highest BCUT2D eigenvalue weighted by molar-refractivity contribution is 9.10. The van der Waals surface area contributed by atoms with Crippen molar-refractivity contribution in [2.24, 2.45) is 5.73 Å². The van der Waals surface area contributed by atoms with Crippen molar-refractivity contribution in [3.8, 4) is 0 Å². The molecule has 1 aromatic rings.